The molecule has 0 fully saturated rings. The van der Waals surface area contributed by atoms with Crippen LogP contribution in [0.3, 0.4) is 0 Å². The van der Waals surface area contributed by atoms with E-state index in [0.717, 1.165) is 16.4 Å². The topological polar surface area (TPSA) is 37.3 Å². The molecule has 0 saturated carbocycles. The summed E-state index contributed by atoms with van der Waals surface area (Å²) in [7, 11) is 0. The number of aromatic nitrogens is 1. The lowest BCUT2D eigenvalue weighted by Gasteiger charge is -2.18. The molecule has 0 unspecified atom stereocenters. The van der Waals surface area contributed by atoms with Gasteiger partial charge in [-0.1, -0.05) is 62.7 Å². The molecule has 140 valence electrons. The van der Waals surface area contributed by atoms with Crippen LogP contribution in [0.2, 0.25) is 0 Å². The predicted molar refractivity (Wildman–Crippen MR) is 118 cm³/mol. The van der Waals surface area contributed by atoms with E-state index in [0.29, 0.717) is 0 Å². The summed E-state index contributed by atoms with van der Waals surface area (Å²) in [6.45, 7) is 13.1. The molecule has 1 aromatic heterocycles. The summed E-state index contributed by atoms with van der Waals surface area (Å²) in [4.78, 5) is 4.70. The van der Waals surface area contributed by atoms with Gasteiger partial charge in [-0.2, -0.15) is 5.10 Å². The van der Waals surface area contributed by atoms with Crippen LogP contribution in [0.25, 0.3) is 11.3 Å². The van der Waals surface area contributed by atoms with Crippen molar-refractivity contribution < 1.29 is 0 Å². The van der Waals surface area contributed by atoms with E-state index in [-0.39, 0.29) is 5.41 Å². The SMILES string of the molecule is Cc1cc(C)c(-c2csc(N/N=C\c3ccc(C(C)(C)C)cc3)n2)c(C)c1. The van der Waals surface area contributed by atoms with Crippen molar-refractivity contribution in [2.24, 2.45) is 5.10 Å². The number of nitrogens with zero attached hydrogens (tertiary/aromatic N) is 2. The summed E-state index contributed by atoms with van der Waals surface area (Å²) in [6, 6.07) is 12.9. The van der Waals surface area contributed by atoms with Gasteiger partial charge in [0, 0.05) is 10.9 Å². The molecule has 3 nitrogen and oxygen atoms in total. The van der Waals surface area contributed by atoms with Crippen molar-refractivity contribution >= 4 is 22.7 Å². The Morgan fingerprint density at radius 2 is 1.63 bits per heavy atom. The van der Waals surface area contributed by atoms with E-state index in [1.807, 2.05) is 6.21 Å². The fraction of sp³-hybridized carbons (Fsp3) is 0.304. The van der Waals surface area contributed by atoms with Crippen molar-refractivity contribution in [1.29, 1.82) is 0 Å². The quantitative estimate of drug-likeness (QED) is 0.417. The largest absolute Gasteiger partial charge is 0.253 e. The molecule has 1 N–H and O–H groups in total. The monoisotopic (exact) mass is 377 g/mol. The van der Waals surface area contributed by atoms with Crippen molar-refractivity contribution in [3.8, 4) is 11.3 Å². The van der Waals surface area contributed by atoms with Crippen LogP contribution in [0.5, 0.6) is 0 Å². The Morgan fingerprint density at radius 1 is 1.00 bits per heavy atom. The molecule has 0 radical (unpaired) electrons. The maximum atomic E-state index is 4.70. The first-order valence-corrected chi connectivity index (χ1v) is 10.1. The second-order valence-electron chi connectivity index (χ2n) is 8.05. The van der Waals surface area contributed by atoms with Crippen molar-refractivity contribution in [3.63, 3.8) is 0 Å². The van der Waals surface area contributed by atoms with Crippen molar-refractivity contribution in [2.45, 2.75) is 47.0 Å². The number of benzene rings is 2. The zero-order chi connectivity index (χ0) is 19.6. The van der Waals surface area contributed by atoms with E-state index in [1.54, 1.807) is 11.3 Å². The lowest BCUT2D eigenvalue weighted by Crippen LogP contribution is -2.10. The average Bonchev–Trinajstić information content (AvgIpc) is 3.02. The molecule has 0 atom stereocenters. The van der Waals surface area contributed by atoms with Crippen molar-refractivity contribution in [3.05, 3.63) is 69.6 Å². The lowest BCUT2D eigenvalue weighted by molar-refractivity contribution is 0.590. The lowest BCUT2D eigenvalue weighted by atomic mass is 9.87. The Kier molecular flexibility index (Phi) is 5.47. The van der Waals surface area contributed by atoms with E-state index >= 15 is 0 Å². The first kappa shape index (κ1) is 19.3. The van der Waals surface area contributed by atoms with Crippen molar-refractivity contribution in [1.82, 2.24) is 4.98 Å². The zero-order valence-electron chi connectivity index (χ0n) is 16.9. The summed E-state index contributed by atoms with van der Waals surface area (Å²) in [5, 5.41) is 7.22. The van der Waals surface area contributed by atoms with E-state index in [9.17, 15) is 0 Å². The molecule has 0 aliphatic rings. The van der Waals surface area contributed by atoms with Crippen LogP contribution in [0.1, 0.15) is 48.6 Å². The molecule has 0 spiro atoms. The Morgan fingerprint density at radius 3 is 2.22 bits per heavy atom. The Balaban J connectivity index is 1.71. The van der Waals surface area contributed by atoms with Gasteiger partial charge in [-0.25, -0.2) is 4.98 Å². The normalized spacial score (nSPS) is 11.9. The van der Waals surface area contributed by atoms with Crippen LogP contribution >= 0.6 is 11.3 Å². The molecule has 0 aliphatic heterocycles. The number of hydrazone groups is 1. The Hall–Kier alpha value is -2.46. The summed E-state index contributed by atoms with van der Waals surface area (Å²) in [6.07, 6.45) is 1.83. The van der Waals surface area contributed by atoms with Crippen LogP contribution < -0.4 is 5.43 Å². The summed E-state index contributed by atoms with van der Waals surface area (Å²) < 4.78 is 0. The van der Waals surface area contributed by atoms with Gasteiger partial charge in [-0.05, 0) is 48.4 Å². The van der Waals surface area contributed by atoms with Gasteiger partial charge >= 0.3 is 0 Å². The van der Waals surface area contributed by atoms with E-state index in [2.05, 4.69) is 93.8 Å². The van der Waals surface area contributed by atoms with E-state index in [1.165, 1.54) is 27.8 Å². The van der Waals surface area contributed by atoms with Crippen LogP contribution in [-0.2, 0) is 5.41 Å². The van der Waals surface area contributed by atoms with Gasteiger partial charge in [-0.3, -0.25) is 5.43 Å². The maximum absolute atomic E-state index is 4.70. The fourth-order valence-corrected chi connectivity index (χ4v) is 3.91. The Labute approximate surface area is 166 Å². The van der Waals surface area contributed by atoms with Crippen LogP contribution in [0, 0.1) is 20.8 Å². The van der Waals surface area contributed by atoms with Crippen LogP contribution in [-0.4, -0.2) is 11.2 Å². The highest BCUT2D eigenvalue weighted by atomic mass is 32.1. The van der Waals surface area contributed by atoms with Gasteiger partial charge in [0.1, 0.15) is 0 Å². The predicted octanol–water partition coefficient (Wildman–Crippen LogP) is 6.48. The second-order valence-corrected chi connectivity index (χ2v) is 8.91. The van der Waals surface area contributed by atoms with Gasteiger partial charge < -0.3 is 0 Å². The number of nitrogens with one attached hydrogen (secondary N) is 1. The summed E-state index contributed by atoms with van der Waals surface area (Å²) in [5.74, 6) is 0. The molecule has 27 heavy (non-hydrogen) atoms. The smallest absolute Gasteiger partial charge is 0.203 e. The Bertz CT molecular complexity index is 937. The summed E-state index contributed by atoms with van der Waals surface area (Å²) >= 11 is 1.57. The molecule has 4 heteroatoms. The molecule has 1 heterocycles. The molecule has 2 aromatic carbocycles. The molecule has 0 aliphatic carbocycles. The third-order valence-corrected chi connectivity index (χ3v) is 5.33. The van der Waals surface area contributed by atoms with Crippen LogP contribution in [0.15, 0.2) is 46.9 Å². The minimum Gasteiger partial charge on any atom is -0.253 e. The first-order valence-electron chi connectivity index (χ1n) is 9.17. The van der Waals surface area contributed by atoms with Crippen LogP contribution in [0.4, 0.5) is 5.13 Å². The molecule has 0 amide bonds. The van der Waals surface area contributed by atoms with Gasteiger partial charge in [0.15, 0.2) is 0 Å². The van der Waals surface area contributed by atoms with E-state index < -0.39 is 0 Å². The molecular formula is C23H27N3S. The molecule has 0 saturated heterocycles. The minimum atomic E-state index is 0.164. The highest BCUT2D eigenvalue weighted by Gasteiger charge is 2.12. The molecular weight excluding hydrogens is 350 g/mol. The molecule has 0 bridgehead atoms. The molecule has 3 aromatic rings. The third kappa shape index (κ3) is 4.64. The second kappa shape index (κ2) is 7.65. The fourth-order valence-electron chi connectivity index (χ4n) is 3.26. The highest BCUT2D eigenvalue weighted by Crippen LogP contribution is 2.31. The van der Waals surface area contributed by atoms with Crippen molar-refractivity contribution in [2.75, 3.05) is 5.43 Å². The number of rotatable bonds is 4. The highest BCUT2D eigenvalue weighted by molar-refractivity contribution is 7.14. The average molecular weight is 378 g/mol. The van der Waals surface area contributed by atoms with E-state index in [4.69, 9.17) is 4.98 Å². The number of aryl methyl sites for hydroxylation is 3. The number of hydrogen-bond acceptors (Lipinski definition) is 4. The van der Waals surface area contributed by atoms with Gasteiger partial charge in [-0.15, -0.1) is 11.3 Å². The molecule has 3 rings (SSSR count). The maximum Gasteiger partial charge on any atom is 0.203 e. The number of thiazole rings is 1. The standard InChI is InChI=1S/C23H27N3S/c1-15-11-16(2)21(17(3)12-15)20-14-27-22(25-20)26-24-13-18-7-9-19(10-8-18)23(4,5)6/h7-14H,1-6H3,(H,25,26)/b24-13-. The minimum absolute atomic E-state index is 0.164. The van der Waals surface area contributed by atoms with Gasteiger partial charge in [0.05, 0.1) is 11.9 Å². The van der Waals surface area contributed by atoms with Gasteiger partial charge in [0.2, 0.25) is 5.13 Å². The number of anilines is 1. The first-order chi connectivity index (χ1) is 12.7. The van der Waals surface area contributed by atoms with Gasteiger partial charge in [0.25, 0.3) is 0 Å². The zero-order valence-corrected chi connectivity index (χ0v) is 17.7. The third-order valence-electron chi connectivity index (χ3n) is 4.59. The summed E-state index contributed by atoms with van der Waals surface area (Å²) in [5.41, 5.74) is 11.6. The number of hydrogen-bond donors (Lipinski definition) is 1.